The van der Waals surface area contributed by atoms with Crippen LogP contribution in [0.3, 0.4) is 0 Å². The zero-order valence-corrected chi connectivity index (χ0v) is 41.2. The number of rotatable bonds is 15. The van der Waals surface area contributed by atoms with Gasteiger partial charge in [0.25, 0.3) is 5.91 Å². The maximum Gasteiger partial charge on any atom is 0.417 e. The molecule has 70 heavy (non-hydrogen) atoms. The molecule has 2 fully saturated rings. The van der Waals surface area contributed by atoms with Gasteiger partial charge in [-0.3, -0.25) is 24.1 Å². The number of thiazole rings is 1. The second-order valence-electron chi connectivity index (χ2n) is 19.0. The van der Waals surface area contributed by atoms with Crippen LogP contribution in [0, 0.1) is 23.7 Å². The fraction of sp³-hybridized carbons (Fsp3) is 0.365. The zero-order valence-electron chi connectivity index (χ0n) is 39.6. The van der Waals surface area contributed by atoms with Crippen LogP contribution < -0.4 is 25.2 Å². The number of β-amino-alcohol motifs (C(OH)–C–C–N with tert-alkyl or cyclic N) is 1. The maximum atomic E-state index is 14.0. The number of aliphatic hydroxyl groups is 1. The molecule has 3 heterocycles. The van der Waals surface area contributed by atoms with E-state index in [0.717, 1.165) is 49.9 Å². The number of aromatic nitrogens is 1. The molecule has 0 saturated carbocycles. The topological polar surface area (TPSA) is 168 Å². The second kappa shape index (κ2) is 20.7. The molecule has 4 aromatic carbocycles. The first-order valence-electron chi connectivity index (χ1n) is 22.8. The Labute approximate surface area is 414 Å². The highest BCUT2D eigenvalue weighted by molar-refractivity contribution is 7.81. The summed E-state index contributed by atoms with van der Waals surface area (Å²) in [5.74, 6) is -1.02. The summed E-state index contributed by atoms with van der Waals surface area (Å²) < 4.78 is 47.3. The van der Waals surface area contributed by atoms with Gasteiger partial charge in [-0.15, -0.1) is 11.3 Å². The van der Waals surface area contributed by atoms with Crippen molar-refractivity contribution < 1.29 is 42.2 Å². The number of nitrogens with zero attached hydrogens (tertiary/aromatic N) is 5. The molecule has 7 rings (SSSR count). The Hall–Kier alpha value is -6.68. The third-order valence-electron chi connectivity index (χ3n) is 12.4. The van der Waals surface area contributed by atoms with Gasteiger partial charge < -0.3 is 30.3 Å². The summed E-state index contributed by atoms with van der Waals surface area (Å²) in [4.78, 5) is 63.8. The van der Waals surface area contributed by atoms with Crippen LogP contribution in [0.15, 0.2) is 96.5 Å². The van der Waals surface area contributed by atoms with Gasteiger partial charge in [0, 0.05) is 31.6 Å². The van der Waals surface area contributed by atoms with Gasteiger partial charge in [-0.1, -0.05) is 69.3 Å². The molecule has 0 spiro atoms. The van der Waals surface area contributed by atoms with E-state index in [9.17, 15) is 42.7 Å². The number of nitriles is 1. The largest absolute Gasteiger partial charge is 0.494 e. The number of anilines is 2. The van der Waals surface area contributed by atoms with Crippen molar-refractivity contribution in [2.24, 2.45) is 5.41 Å². The molecule has 0 radical (unpaired) electrons. The number of ether oxygens (including phenoxy) is 1. The summed E-state index contributed by atoms with van der Waals surface area (Å²) in [7, 11) is 0. The van der Waals surface area contributed by atoms with E-state index in [-0.39, 0.29) is 48.5 Å². The number of aryl methyl sites for hydroxylation is 1. The maximum absolute atomic E-state index is 14.0. The molecule has 2 aliphatic rings. The first kappa shape index (κ1) is 51.2. The zero-order chi connectivity index (χ0) is 50.7. The van der Waals surface area contributed by atoms with Crippen molar-refractivity contribution in [3.05, 3.63) is 119 Å². The number of aliphatic hydroxyl groups excluding tert-OH is 1. The van der Waals surface area contributed by atoms with Gasteiger partial charge in [-0.25, -0.2) is 4.98 Å². The average Bonchev–Trinajstić information content (AvgIpc) is 3.98. The number of likely N-dealkylation sites (tertiary alicyclic amines) is 1. The van der Waals surface area contributed by atoms with Gasteiger partial charge in [0.15, 0.2) is 5.11 Å². The van der Waals surface area contributed by atoms with Crippen molar-refractivity contribution in [3.63, 3.8) is 0 Å². The fourth-order valence-electron chi connectivity index (χ4n) is 8.60. The highest BCUT2D eigenvalue weighted by atomic mass is 32.1. The van der Waals surface area contributed by atoms with Gasteiger partial charge in [-0.05, 0) is 116 Å². The first-order valence-corrected chi connectivity index (χ1v) is 24.1. The fourth-order valence-corrected chi connectivity index (χ4v) is 9.93. The quantitative estimate of drug-likeness (QED) is 0.0681. The van der Waals surface area contributed by atoms with E-state index in [0.29, 0.717) is 30.9 Å². The number of alkyl halides is 3. The monoisotopic (exact) mass is 993 g/mol. The van der Waals surface area contributed by atoms with Crippen molar-refractivity contribution in [2.45, 2.75) is 104 Å². The molecule has 0 aliphatic carbocycles. The van der Waals surface area contributed by atoms with E-state index in [1.54, 1.807) is 53.8 Å². The number of benzene rings is 4. The Morgan fingerprint density at radius 2 is 1.59 bits per heavy atom. The molecule has 0 bridgehead atoms. The van der Waals surface area contributed by atoms with Crippen molar-refractivity contribution >= 4 is 63.7 Å². The third-order valence-corrected chi connectivity index (χ3v) is 13.8. The summed E-state index contributed by atoms with van der Waals surface area (Å²) in [6, 6.07) is 25.3. The average molecular weight is 994 g/mol. The van der Waals surface area contributed by atoms with Crippen LogP contribution in [0.25, 0.3) is 21.6 Å². The SMILES string of the molecule is Cc1ncsc1-c1ccc(CNC(=O)[C@@H]2C[C@@H](O)CN2C(=O)[C@@H](NC(=O)CCCCOc2ccc(-c3ccc(N4C(=S)N(c5ccc(C#N)c(C(F)(F)F)c5)C(=O)C4(C)C)cc3)cc2)C(C)(C)C)cc1. The number of unbranched alkanes of at least 4 members (excludes halogenated alkanes) is 1. The lowest BCUT2D eigenvalue weighted by Gasteiger charge is -2.35. The molecule has 4 amide bonds. The van der Waals surface area contributed by atoms with Crippen molar-refractivity contribution in [1.29, 1.82) is 5.26 Å². The van der Waals surface area contributed by atoms with E-state index in [1.165, 1.54) is 11.0 Å². The normalized spacial score (nSPS) is 17.4. The Morgan fingerprint density at radius 1 is 0.957 bits per heavy atom. The number of hydrogen-bond donors (Lipinski definition) is 3. The molecule has 3 atom stereocenters. The van der Waals surface area contributed by atoms with E-state index >= 15 is 0 Å². The predicted molar refractivity (Wildman–Crippen MR) is 266 cm³/mol. The summed E-state index contributed by atoms with van der Waals surface area (Å²) in [6.45, 7) is 11.3. The van der Waals surface area contributed by atoms with Gasteiger partial charge in [-0.2, -0.15) is 18.4 Å². The van der Waals surface area contributed by atoms with Crippen LogP contribution in [0.5, 0.6) is 5.75 Å². The molecule has 13 nitrogen and oxygen atoms in total. The summed E-state index contributed by atoms with van der Waals surface area (Å²) in [5, 5.41) is 25.7. The van der Waals surface area contributed by atoms with Crippen LogP contribution in [-0.4, -0.2) is 80.6 Å². The molecule has 5 aromatic rings. The Bertz CT molecular complexity index is 2800. The lowest BCUT2D eigenvalue weighted by molar-refractivity contribution is -0.144. The van der Waals surface area contributed by atoms with Gasteiger partial charge in [0.1, 0.15) is 23.4 Å². The number of halogens is 3. The van der Waals surface area contributed by atoms with Crippen molar-refractivity contribution in [1.82, 2.24) is 20.5 Å². The molecule has 3 N–H and O–H groups in total. The van der Waals surface area contributed by atoms with Crippen LogP contribution in [0.2, 0.25) is 0 Å². The van der Waals surface area contributed by atoms with Crippen LogP contribution >= 0.6 is 23.6 Å². The molecule has 1 aromatic heterocycles. The summed E-state index contributed by atoms with van der Waals surface area (Å²) >= 11 is 7.24. The minimum atomic E-state index is -4.81. The number of amides is 4. The molecule has 2 aliphatic heterocycles. The van der Waals surface area contributed by atoms with E-state index < -0.39 is 58.3 Å². The summed E-state index contributed by atoms with van der Waals surface area (Å²) in [5.41, 5.74) is 3.23. The smallest absolute Gasteiger partial charge is 0.417 e. The minimum Gasteiger partial charge on any atom is -0.494 e. The molecule has 18 heteroatoms. The Balaban J connectivity index is 0.880. The van der Waals surface area contributed by atoms with E-state index in [2.05, 4.69) is 15.6 Å². The number of nitrogens with one attached hydrogen (secondary N) is 2. The van der Waals surface area contributed by atoms with Crippen molar-refractivity contribution in [3.8, 4) is 33.4 Å². The predicted octanol–water partition coefficient (Wildman–Crippen LogP) is 8.95. The number of hydrogen-bond acceptors (Lipinski definition) is 10. The molecule has 0 unspecified atom stereocenters. The Kier molecular flexibility index (Phi) is 15.2. The van der Waals surface area contributed by atoms with Crippen LogP contribution in [0.4, 0.5) is 24.5 Å². The molecular weight excluding hydrogens is 940 g/mol. The van der Waals surface area contributed by atoms with Gasteiger partial charge in [0.05, 0.1) is 51.7 Å². The van der Waals surface area contributed by atoms with Crippen LogP contribution in [-0.2, 0) is 31.9 Å². The molecule has 2 saturated heterocycles. The third kappa shape index (κ3) is 11.2. The minimum absolute atomic E-state index is 0.000378. The molecule has 366 valence electrons. The first-order chi connectivity index (χ1) is 33.1. The second-order valence-corrected chi connectivity index (χ2v) is 20.2. The lowest BCUT2D eigenvalue weighted by Crippen LogP contribution is -2.57. The van der Waals surface area contributed by atoms with E-state index in [1.807, 2.05) is 88.4 Å². The number of thiocarbonyl (C=S) groups is 1. The van der Waals surface area contributed by atoms with Gasteiger partial charge >= 0.3 is 6.18 Å². The van der Waals surface area contributed by atoms with Gasteiger partial charge in [0.2, 0.25) is 17.7 Å². The highest BCUT2D eigenvalue weighted by Crippen LogP contribution is 2.40. The lowest BCUT2D eigenvalue weighted by atomic mass is 9.85. The van der Waals surface area contributed by atoms with E-state index in [4.69, 9.17) is 17.0 Å². The highest BCUT2D eigenvalue weighted by Gasteiger charge is 2.51. The number of carbonyl (C=O) groups excluding carboxylic acids is 4. The Morgan fingerprint density at radius 3 is 2.19 bits per heavy atom. The summed E-state index contributed by atoms with van der Waals surface area (Å²) in [6.07, 6.45) is -4.41. The van der Waals surface area contributed by atoms with Crippen molar-refractivity contribution in [2.75, 3.05) is 23.0 Å². The number of carbonyl (C=O) groups is 4. The standard InChI is InChI=1S/C52H54F3N7O6S2/c1-31-44(70-30-58-31)35-12-10-32(11-13-35)28-57-46(65)42-26-39(63)29-60(42)47(66)45(50(2,3)4)59-43(64)9-7-8-24-68-40-22-17-34(18-23-40)33-14-19-37(20-15-33)62-49(69)61(48(67)51(62,5)6)38-21-16-36(27-56)41(25-38)52(53,54)55/h10-23,25,30,39,42,45,63H,7-9,24,26,28-29H2,1-6H3,(H,57,65)(H,59,64)/t39-,42+,45-/m1/s1. The molecular formula is C52H54F3N7O6S2. The van der Waals surface area contributed by atoms with Crippen LogP contribution in [0.1, 0.15) is 82.7 Å².